The number of fused-ring (bicyclic) bond motifs is 1. The van der Waals surface area contributed by atoms with Crippen LogP contribution in [0.2, 0.25) is 0 Å². The quantitative estimate of drug-likeness (QED) is 0.662. The lowest BCUT2D eigenvalue weighted by atomic mass is 9.81. The predicted octanol–water partition coefficient (Wildman–Crippen LogP) is 4.77. The summed E-state index contributed by atoms with van der Waals surface area (Å²) in [5.41, 5.74) is 5.19. The molecule has 6 heteroatoms. The van der Waals surface area contributed by atoms with Crippen molar-refractivity contribution in [2.75, 3.05) is 19.5 Å². The molecule has 0 saturated carbocycles. The van der Waals surface area contributed by atoms with E-state index in [-0.39, 0.29) is 11.7 Å². The van der Waals surface area contributed by atoms with Crippen molar-refractivity contribution in [3.05, 3.63) is 70.5 Å². The van der Waals surface area contributed by atoms with Gasteiger partial charge in [0.05, 0.1) is 31.2 Å². The van der Waals surface area contributed by atoms with Gasteiger partial charge in [0, 0.05) is 24.1 Å². The first kappa shape index (κ1) is 19.9. The highest BCUT2D eigenvalue weighted by Gasteiger charge is 2.31. The lowest BCUT2D eigenvalue weighted by molar-refractivity contribution is 0.0961. The predicted molar refractivity (Wildman–Crippen MR) is 116 cm³/mol. The molecule has 2 aromatic carbocycles. The highest BCUT2D eigenvalue weighted by Crippen LogP contribution is 2.39. The van der Waals surface area contributed by atoms with Crippen LogP contribution in [0.4, 0.5) is 11.6 Å². The second-order valence-corrected chi connectivity index (χ2v) is 7.59. The third-order valence-electron chi connectivity index (χ3n) is 5.47. The van der Waals surface area contributed by atoms with E-state index in [1.807, 2.05) is 56.3 Å². The van der Waals surface area contributed by atoms with Crippen molar-refractivity contribution < 1.29 is 14.3 Å². The first-order chi connectivity index (χ1) is 14.5. The molecule has 0 spiro atoms. The average Bonchev–Trinajstić information content (AvgIpc) is 2.72. The molecule has 0 amide bonds. The molecule has 1 aliphatic carbocycles. The molecule has 0 fully saturated rings. The van der Waals surface area contributed by atoms with Gasteiger partial charge in [-0.05, 0) is 49.6 Å². The molecular formula is C24H25N3O3. The van der Waals surface area contributed by atoms with Gasteiger partial charge in [-0.3, -0.25) is 4.79 Å². The Morgan fingerprint density at radius 2 is 1.83 bits per heavy atom. The highest BCUT2D eigenvalue weighted by atomic mass is 16.5. The molecule has 0 bridgehead atoms. The standard InChI is InChI=1S/C24H25N3O3/c1-14-6-5-7-17(10-14)26-24-25-15(2)23-20(27-24)11-16(12-21(23)28)19-9-8-18(29-3)13-22(19)30-4/h5-10,13,16H,11-12H2,1-4H3,(H,25,26,27). The number of hydrogen-bond acceptors (Lipinski definition) is 6. The third kappa shape index (κ3) is 3.85. The number of aryl methyl sites for hydroxylation is 2. The van der Waals surface area contributed by atoms with Crippen LogP contribution in [0.25, 0.3) is 0 Å². The summed E-state index contributed by atoms with van der Waals surface area (Å²) in [5.74, 6) is 2.01. The van der Waals surface area contributed by atoms with E-state index in [2.05, 4.69) is 10.3 Å². The summed E-state index contributed by atoms with van der Waals surface area (Å²) in [6.07, 6.45) is 1.06. The Labute approximate surface area is 176 Å². The largest absolute Gasteiger partial charge is 0.497 e. The van der Waals surface area contributed by atoms with Crippen LogP contribution in [0.15, 0.2) is 42.5 Å². The Morgan fingerprint density at radius 1 is 1.00 bits per heavy atom. The number of benzene rings is 2. The van der Waals surface area contributed by atoms with Crippen LogP contribution in [0.3, 0.4) is 0 Å². The van der Waals surface area contributed by atoms with E-state index in [1.54, 1.807) is 14.2 Å². The second-order valence-electron chi connectivity index (χ2n) is 7.59. The van der Waals surface area contributed by atoms with Gasteiger partial charge in [0.1, 0.15) is 11.5 Å². The number of methoxy groups -OCH3 is 2. The van der Waals surface area contributed by atoms with Gasteiger partial charge in [0.25, 0.3) is 0 Å². The molecule has 154 valence electrons. The number of rotatable bonds is 5. The topological polar surface area (TPSA) is 73.3 Å². The molecule has 1 unspecified atom stereocenters. The van der Waals surface area contributed by atoms with E-state index in [1.165, 1.54) is 0 Å². The van der Waals surface area contributed by atoms with Gasteiger partial charge < -0.3 is 14.8 Å². The number of ether oxygens (including phenoxy) is 2. The number of hydrogen-bond donors (Lipinski definition) is 1. The van der Waals surface area contributed by atoms with Crippen LogP contribution in [-0.2, 0) is 6.42 Å². The molecule has 1 heterocycles. The summed E-state index contributed by atoms with van der Waals surface area (Å²) >= 11 is 0. The zero-order chi connectivity index (χ0) is 21.3. The SMILES string of the molecule is COc1ccc(C2CC(=O)c3c(C)nc(Nc4cccc(C)c4)nc3C2)c(OC)c1. The van der Waals surface area contributed by atoms with E-state index >= 15 is 0 Å². The maximum Gasteiger partial charge on any atom is 0.227 e. The first-order valence-electron chi connectivity index (χ1n) is 9.94. The fourth-order valence-electron chi connectivity index (χ4n) is 4.06. The second kappa shape index (κ2) is 8.14. The minimum Gasteiger partial charge on any atom is -0.497 e. The van der Waals surface area contributed by atoms with E-state index in [0.29, 0.717) is 30.0 Å². The maximum atomic E-state index is 13.0. The maximum absolute atomic E-state index is 13.0. The molecule has 6 nitrogen and oxygen atoms in total. The van der Waals surface area contributed by atoms with E-state index in [9.17, 15) is 4.79 Å². The number of aromatic nitrogens is 2. The Bertz CT molecular complexity index is 1110. The summed E-state index contributed by atoms with van der Waals surface area (Å²) in [4.78, 5) is 22.2. The average molecular weight is 403 g/mol. The lowest BCUT2D eigenvalue weighted by Crippen LogP contribution is -2.23. The van der Waals surface area contributed by atoms with Crippen LogP contribution < -0.4 is 14.8 Å². The summed E-state index contributed by atoms with van der Waals surface area (Å²) in [6.45, 7) is 3.91. The molecule has 0 radical (unpaired) electrons. The zero-order valence-electron chi connectivity index (χ0n) is 17.7. The first-order valence-corrected chi connectivity index (χ1v) is 9.94. The molecular weight excluding hydrogens is 378 g/mol. The zero-order valence-corrected chi connectivity index (χ0v) is 17.7. The summed E-state index contributed by atoms with van der Waals surface area (Å²) in [7, 11) is 3.25. The van der Waals surface area contributed by atoms with Gasteiger partial charge in [0.2, 0.25) is 5.95 Å². The van der Waals surface area contributed by atoms with Crippen LogP contribution in [0.5, 0.6) is 11.5 Å². The van der Waals surface area contributed by atoms with Crippen LogP contribution in [0.1, 0.15) is 45.2 Å². The van der Waals surface area contributed by atoms with Crippen molar-refractivity contribution in [3.63, 3.8) is 0 Å². The van der Waals surface area contributed by atoms with Crippen molar-refractivity contribution in [1.82, 2.24) is 9.97 Å². The molecule has 3 aromatic rings. The van der Waals surface area contributed by atoms with Crippen molar-refractivity contribution in [1.29, 1.82) is 0 Å². The van der Waals surface area contributed by atoms with Crippen molar-refractivity contribution in [2.45, 2.75) is 32.6 Å². The van der Waals surface area contributed by atoms with Crippen molar-refractivity contribution >= 4 is 17.4 Å². The summed E-state index contributed by atoms with van der Waals surface area (Å²) in [5, 5.41) is 3.27. The Balaban J connectivity index is 1.68. The van der Waals surface area contributed by atoms with E-state index in [0.717, 1.165) is 34.0 Å². The molecule has 1 N–H and O–H groups in total. The summed E-state index contributed by atoms with van der Waals surface area (Å²) < 4.78 is 10.9. The van der Waals surface area contributed by atoms with Gasteiger partial charge >= 0.3 is 0 Å². The number of carbonyl (C=O) groups excluding carboxylic acids is 1. The van der Waals surface area contributed by atoms with Crippen molar-refractivity contribution in [3.8, 4) is 11.5 Å². The molecule has 0 aliphatic heterocycles. The number of nitrogens with zero attached hydrogens (tertiary/aromatic N) is 2. The number of Topliss-reactive ketones (excluding diaryl/α,β-unsaturated/α-hetero) is 1. The number of nitrogens with one attached hydrogen (secondary N) is 1. The van der Waals surface area contributed by atoms with Crippen LogP contribution in [0, 0.1) is 13.8 Å². The molecule has 4 rings (SSSR count). The fraction of sp³-hybridized carbons (Fsp3) is 0.292. The third-order valence-corrected chi connectivity index (χ3v) is 5.47. The van der Waals surface area contributed by atoms with Crippen LogP contribution >= 0.6 is 0 Å². The van der Waals surface area contributed by atoms with Gasteiger partial charge in [-0.2, -0.15) is 0 Å². The Kier molecular flexibility index (Phi) is 5.40. The van der Waals surface area contributed by atoms with Gasteiger partial charge in [-0.25, -0.2) is 9.97 Å². The van der Waals surface area contributed by atoms with E-state index < -0.39 is 0 Å². The molecule has 1 aromatic heterocycles. The lowest BCUT2D eigenvalue weighted by Gasteiger charge is -2.26. The number of anilines is 2. The molecule has 30 heavy (non-hydrogen) atoms. The van der Waals surface area contributed by atoms with Gasteiger partial charge in [0.15, 0.2) is 5.78 Å². The van der Waals surface area contributed by atoms with Crippen molar-refractivity contribution in [2.24, 2.45) is 0 Å². The summed E-state index contributed by atoms with van der Waals surface area (Å²) in [6, 6.07) is 13.8. The number of carbonyl (C=O) groups is 1. The molecule has 1 atom stereocenters. The molecule has 0 saturated heterocycles. The Morgan fingerprint density at radius 3 is 2.57 bits per heavy atom. The minimum atomic E-state index is -0.00743. The fourth-order valence-corrected chi connectivity index (χ4v) is 4.06. The van der Waals surface area contributed by atoms with E-state index in [4.69, 9.17) is 14.5 Å². The molecule has 1 aliphatic rings. The monoisotopic (exact) mass is 403 g/mol. The van der Waals surface area contributed by atoms with Gasteiger partial charge in [-0.15, -0.1) is 0 Å². The smallest absolute Gasteiger partial charge is 0.227 e. The number of ketones is 1. The van der Waals surface area contributed by atoms with Gasteiger partial charge in [-0.1, -0.05) is 18.2 Å². The normalized spacial score (nSPS) is 15.5. The highest BCUT2D eigenvalue weighted by molar-refractivity contribution is 6.00. The Hall–Kier alpha value is -3.41. The van der Waals surface area contributed by atoms with Crippen LogP contribution in [-0.4, -0.2) is 30.0 Å². The minimum absolute atomic E-state index is 0.00743.